The second-order valence-corrected chi connectivity index (χ2v) is 23.7. The molecule has 4 nitrogen and oxygen atoms in total. The van der Waals surface area contributed by atoms with E-state index < -0.39 is 11.9 Å². The Balaban J connectivity index is 0.960. The van der Waals surface area contributed by atoms with Gasteiger partial charge in [-0.25, -0.2) is 9.59 Å². The molecule has 0 spiro atoms. The maximum atomic E-state index is 12.2. The molecule has 0 radical (unpaired) electrons. The third-order valence-corrected chi connectivity index (χ3v) is 24.2. The normalized spacial score (nSPS) is 22.4. The zero-order valence-electron chi connectivity index (χ0n) is 20.1. The highest BCUT2D eigenvalue weighted by atomic mass is 32.3. The highest BCUT2D eigenvalue weighted by molar-refractivity contribution is 8.50. The van der Waals surface area contributed by atoms with Crippen LogP contribution in [0.3, 0.4) is 0 Å². The van der Waals surface area contributed by atoms with Gasteiger partial charge in [0.1, 0.15) is 9.81 Å². The zero-order valence-corrected chi connectivity index (χ0v) is 31.5. The van der Waals surface area contributed by atoms with Crippen molar-refractivity contribution in [2.75, 3.05) is 25.7 Å². The molecule has 0 saturated heterocycles. The van der Waals surface area contributed by atoms with Crippen molar-refractivity contribution in [3.63, 3.8) is 0 Å². The van der Waals surface area contributed by atoms with Crippen LogP contribution in [0.25, 0.3) is 0 Å². The van der Waals surface area contributed by atoms with Gasteiger partial charge >= 0.3 is 11.9 Å². The van der Waals surface area contributed by atoms with Gasteiger partial charge in [0.05, 0.1) is 56.6 Å². The van der Waals surface area contributed by atoms with E-state index in [-0.39, 0.29) is 0 Å². The van der Waals surface area contributed by atoms with E-state index in [1.165, 1.54) is 71.6 Å². The molecule has 0 unspecified atom stereocenters. The molecule has 6 heterocycles. The second-order valence-electron chi connectivity index (χ2n) is 7.07. The Labute approximate surface area is 291 Å². The van der Waals surface area contributed by atoms with Gasteiger partial charge in [-0.2, -0.15) is 0 Å². The molecule has 0 fully saturated rings. The van der Waals surface area contributed by atoms with Crippen molar-refractivity contribution in [3.05, 3.63) is 73.8 Å². The molecule has 0 aromatic carbocycles. The zero-order chi connectivity index (χ0) is 27.6. The Hall–Kier alpha value is 1.76. The highest BCUT2D eigenvalue weighted by Gasteiger charge is 2.39. The third-order valence-electron chi connectivity index (χ3n) is 4.63. The lowest BCUT2D eigenvalue weighted by molar-refractivity contribution is -0.138. The fraction of sp³-hybridized carbons (Fsp3) is 0.182. The molecule has 0 saturated carbocycles. The van der Waals surface area contributed by atoms with Crippen LogP contribution in [0.5, 0.6) is 0 Å². The largest absolute Gasteiger partial charge is 0.465 e. The fourth-order valence-corrected chi connectivity index (χ4v) is 22.0. The molecule has 0 aliphatic carbocycles. The van der Waals surface area contributed by atoms with Crippen LogP contribution in [-0.2, 0) is 19.1 Å². The number of thioether (sulfide) groups is 14. The first-order chi connectivity index (χ1) is 19.5. The minimum atomic E-state index is -0.511. The van der Waals surface area contributed by atoms with Crippen molar-refractivity contribution in [1.29, 1.82) is 0 Å². The van der Waals surface area contributed by atoms with E-state index in [1.54, 1.807) is 23.5 Å². The maximum Gasteiger partial charge on any atom is 0.346 e. The second kappa shape index (κ2) is 14.9. The fourth-order valence-electron chi connectivity index (χ4n) is 2.97. The average Bonchev–Trinajstić information content (AvgIpc) is 3.79. The number of ether oxygens (including phenoxy) is 2. The summed E-state index contributed by atoms with van der Waals surface area (Å²) in [7, 11) is 2.64. The molecule has 0 amide bonds. The van der Waals surface area contributed by atoms with Crippen molar-refractivity contribution < 1.29 is 19.1 Å². The summed E-state index contributed by atoms with van der Waals surface area (Å²) in [6, 6.07) is 0. The van der Waals surface area contributed by atoms with Crippen LogP contribution in [0.1, 0.15) is 0 Å². The predicted octanol–water partition coefficient (Wildman–Crippen LogP) is 11.5. The minimum absolute atomic E-state index is 0.297. The molecule has 0 aromatic rings. The number of carbonyl (C=O) groups excluding carboxylic acids is 2. The summed E-state index contributed by atoms with van der Waals surface area (Å²) in [5.41, 5.74) is 0. The van der Waals surface area contributed by atoms with E-state index in [1.807, 2.05) is 118 Å². The van der Waals surface area contributed by atoms with Crippen LogP contribution in [0.2, 0.25) is 0 Å². The number of rotatable bonds is 7. The lowest BCUT2D eigenvalue weighted by Crippen LogP contribution is -2.08. The van der Waals surface area contributed by atoms with E-state index >= 15 is 0 Å². The Morgan fingerprint density at radius 3 is 1.40 bits per heavy atom. The highest BCUT2D eigenvalue weighted by Crippen LogP contribution is 2.71. The van der Waals surface area contributed by atoms with E-state index in [4.69, 9.17) is 9.47 Å². The van der Waals surface area contributed by atoms with Gasteiger partial charge in [0, 0.05) is 11.5 Å². The lowest BCUT2D eigenvalue weighted by Gasteiger charge is -2.07. The van der Waals surface area contributed by atoms with Crippen LogP contribution >= 0.6 is 165 Å². The van der Waals surface area contributed by atoms with E-state index in [0.29, 0.717) is 9.81 Å². The summed E-state index contributed by atoms with van der Waals surface area (Å²) in [6.07, 6.45) is 0. The van der Waals surface area contributed by atoms with Crippen molar-refractivity contribution in [1.82, 2.24) is 0 Å². The van der Waals surface area contributed by atoms with Crippen molar-refractivity contribution in [2.24, 2.45) is 0 Å². The van der Waals surface area contributed by atoms with E-state index in [9.17, 15) is 9.59 Å². The molecular weight excluding hydrogens is 777 g/mol. The lowest BCUT2D eigenvalue weighted by atomic mass is 10.5. The van der Waals surface area contributed by atoms with E-state index in [2.05, 4.69) is 21.6 Å². The Morgan fingerprint density at radius 2 is 0.950 bits per heavy atom. The molecule has 40 heavy (non-hydrogen) atoms. The molecule has 0 N–H and O–H groups in total. The van der Waals surface area contributed by atoms with Crippen molar-refractivity contribution >= 4 is 177 Å². The van der Waals surface area contributed by atoms with Gasteiger partial charge in [-0.3, -0.25) is 0 Å². The SMILES string of the molecule is COC(=O)C1=C(C(=O)OC)SC(=C2SC3=C(SC(=C4SC=C(SCCSC5=CSC(=C6SC=CS6)S5)S4)S3)S2)S1. The number of hydrogen-bond acceptors (Lipinski definition) is 18. The van der Waals surface area contributed by atoms with Gasteiger partial charge in [0.25, 0.3) is 0 Å². The van der Waals surface area contributed by atoms with Gasteiger partial charge in [0.15, 0.2) is 0 Å². The molecule has 0 atom stereocenters. The first-order valence-corrected chi connectivity index (χ1v) is 22.8. The van der Waals surface area contributed by atoms with Gasteiger partial charge in [-0.15, -0.1) is 23.5 Å². The summed E-state index contributed by atoms with van der Waals surface area (Å²) < 4.78 is 22.6. The average molecular weight is 791 g/mol. The molecule has 6 aliphatic heterocycles. The van der Waals surface area contributed by atoms with Crippen molar-refractivity contribution in [2.45, 2.75) is 0 Å². The topological polar surface area (TPSA) is 52.6 Å². The predicted molar refractivity (Wildman–Crippen MR) is 200 cm³/mol. The number of methoxy groups -OCH3 is 2. The van der Waals surface area contributed by atoms with Crippen LogP contribution in [0, 0.1) is 0 Å². The quantitative estimate of drug-likeness (QED) is 0.181. The number of esters is 2. The van der Waals surface area contributed by atoms with Crippen LogP contribution in [0.4, 0.5) is 0 Å². The summed E-state index contributed by atoms with van der Waals surface area (Å²) in [4.78, 5) is 25.0. The molecule has 6 rings (SSSR count). The minimum Gasteiger partial charge on any atom is -0.465 e. The maximum absolute atomic E-state index is 12.2. The van der Waals surface area contributed by atoms with Gasteiger partial charge in [0.2, 0.25) is 0 Å². The Morgan fingerprint density at radius 1 is 0.550 bits per heavy atom. The first kappa shape index (κ1) is 31.7. The first-order valence-electron chi connectivity index (χ1n) is 10.8. The van der Waals surface area contributed by atoms with Gasteiger partial charge < -0.3 is 9.47 Å². The smallest absolute Gasteiger partial charge is 0.346 e. The van der Waals surface area contributed by atoms with Gasteiger partial charge in [-0.1, -0.05) is 141 Å². The van der Waals surface area contributed by atoms with Crippen LogP contribution in [-0.4, -0.2) is 37.7 Å². The molecule has 18 heteroatoms. The van der Waals surface area contributed by atoms with Crippen molar-refractivity contribution in [3.8, 4) is 0 Å². The molecular formula is C22H14O4S14. The molecule has 210 valence electrons. The number of hydrogen-bond donors (Lipinski definition) is 0. The molecule has 0 aromatic heterocycles. The summed E-state index contributed by atoms with van der Waals surface area (Å²) in [5.74, 6) is 1.17. The van der Waals surface area contributed by atoms with Crippen LogP contribution < -0.4 is 0 Å². The standard InChI is InChI=1S/C22H14O4S14/c1-25-13(23)11-12(14(24)26-2)36-19(35-11)20-39-21-22(40-20)38-18(37-21)17-32-8-10(34-17)28-4-3-27-9-7-31-16(33-9)15-29-5-6-30-15/h5-8H,3-4H2,1-2H3. The molecule has 6 aliphatic rings. The monoisotopic (exact) mass is 790 g/mol. The summed E-state index contributed by atoms with van der Waals surface area (Å²) >= 11 is 24.7. The van der Waals surface area contributed by atoms with Gasteiger partial charge in [-0.05, 0) is 21.6 Å². The third kappa shape index (κ3) is 7.41. The summed E-state index contributed by atoms with van der Waals surface area (Å²) in [5, 5.41) is 8.88. The Bertz CT molecular complexity index is 1350. The molecule has 0 bridgehead atoms. The summed E-state index contributed by atoms with van der Waals surface area (Å²) in [6.45, 7) is 0. The van der Waals surface area contributed by atoms with E-state index in [0.717, 1.165) is 20.0 Å². The number of carbonyl (C=O) groups is 2. The van der Waals surface area contributed by atoms with Crippen LogP contribution in [0.15, 0.2) is 73.8 Å². The Kier molecular flexibility index (Phi) is 11.8.